The lowest BCUT2D eigenvalue weighted by molar-refractivity contribution is -0.129. The molecule has 0 saturated heterocycles. The number of fused-ring (bicyclic) bond motifs is 1. The normalized spacial score (nSPS) is 13.3. The van der Waals surface area contributed by atoms with Gasteiger partial charge in [0.2, 0.25) is 5.91 Å². The van der Waals surface area contributed by atoms with Gasteiger partial charge in [-0.15, -0.1) is 0 Å². The largest absolute Gasteiger partial charge is 0.347 e. The summed E-state index contributed by atoms with van der Waals surface area (Å²) >= 11 is 0. The fourth-order valence-corrected chi connectivity index (χ4v) is 2.51. The molecular weight excluding hydrogens is 266 g/mol. The van der Waals surface area contributed by atoms with Crippen LogP contribution in [0.2, 0.25) is 0 Å². The summed E-state index contributed by atoms with van der Waals surface area (Å²) in [5.74, 6) is 0.230. The maximum Gasteiger partial charge on any atom is 0.243 e. The van der Waals surface area contributed by atoms with E-state index in [0.29, 0.717) is 6.42 Å². The van der Waals surface area contributed by atoms with Gasteiger partial charge in [0.05, 0.1) is 6.20 Å². The first-order valence-electron chi connectivity index (χ1n) is 6.93. The van der Waals surface area contributed by atoms with E-state index in [-0.39, 0.29) is 18.2 Å². The van der Waals surface area contributed by atoms with E-state index in [1.54, 1.807) is 29.9 Å². The first kappa shape index (κ1) is 13.5. The summed E-state index contributed by atoms with van der Waals surface area (Å²) in [6.07, 6.45) is 5.03. The highest BCUT2D eigenvalue weighted by molar-refractivity contribution is 6.00. The van der Waals surface area contributed by atoms with Gasteiger partial charge in [0, 0.05) is 37.8 Å². The molecule has 2 aromatic rings. The summed E-state index contributed by atoms with van der Waals surface area (Å²) < 4.78 is 1.63. The van der Waals surface area contributed by atoms with Crippen LogP contribution in [0.1, 0.15) is 22.3 Å². The lowest BCUT2D eigenvalue weighted by Gasteiger charge is -2.09. The number of aryl methyl sites for hydroxylation is 1. The first-order valence-corrected chi connectivity index (χ1v) is 6.93. The van der Waals surface area contributed by atoms with Crippen molar-refractivity contribution >= 4 is 11.7 Å². The van der Waals surface area contributed by atoms with Crippen molar-refractivity contribution in [2.24, 2.45) is 0 Å². The second-order valence-corrected chi connectivity index (χ2v) is 5.51. The van der Waals surface area contributed by atoms with Crippen LogP contribution in [0, 0.1) is 0 Å². The third-order valence-electron chi connectivity index (χ3n) is 3.79. The van der Waals surface area contributed by atoms with Crippen molar-refractivity contribution in [2.75, 3.05) is 14.1 Å². The third kappa shape index (κ3) is 2.59. The second kappa shape index (κ2) is 5.16. The molecule has 0 radical (unpaired) electrons. The predicted octanol–water partition coefficient (Wildman–Crippen LogP) is 1.77. The zero-order chi connectivity index (χ0) is 15.0. The fourth-order valence-electron chi connectivity index (χ4n) is 2.51. The molecule has 3 rings (SSSR count). The van der Waals surface area contributed by atoms with E-state index in [1.165, 1.54) is 0 Å². The van der Waals surface area contributed by atoms with Crippen LogP contribution in [0.15, 0.2) is 30.6 Å². The number of benzene rings is 1. The molecule has 108 valence electrons. The highest BCUT2D eigenvalue weighted by atomic mass is 16.2. The topological polar surface area (TPSA) is 55.2 Å². The molecule has 0 fully saturated rings. The smallest absolute Gasteiger partial charge is 0.243 e. The van der Waals surface area contributed by atoms with E-state index < -0.39 is 0 Å². The zero-order valence-electron chi connectivity index (χ0n) is 12.2. The number of Topliss-reactive ketones (excluding diaryl/α,β-unsaturated/α-hetero) is 1. The van der Waals surface area contributed by atoms with Crippen LogP contribution in [0.5, 0.6) is 0 Å². The number of ketones is 1. The van der Waals surface area contributed by atoms with Gasteiger partial charge in [-0.3, -0.25) is 14.3 Å². The molecule has 5 heteroatoms. The molecule has 1 heterocycles. The monoisotopic (exact) mass is 283 g/mol. The van der Waals surface area contributed by atoms with Gasteiger partial charge in [0.25, 0.3) is 0 Å². The summed E-state index contributed by atoms with van der Waals surface area (Å²) in [4.78, 5) is 24.9. The fraction of sp³-hybridized carbons (Fsp3) is 0.312. The molecule has 1 amide bonds. The molecule has 0 aliphatic heterocycles. The molecule has 0 N–H and O–H groups in total. The lowest BCUT2D eigenvalue weighted by atomic mass is 10.0. The van der Waals surface area contributed by atoms with Crippen molar-refractivity contribution in [2.45, 2.75) is 19.4 Å². The maximum atomic E-state index is 11.7. The van der Waals surface area contributed by atoms with Crippen molar-refractivity contribution in [3.63, 3.8) is 0 Å². The van der Waals surface area contributed by atoms with E-state index in [1.807, 2.05) is 18.3 Å². The van der Waals surface area contributed by atoms with Crippen molar-refractivity contribution in [3.8, 4) is 11.1 Å². The van der Waals surface area contributed by atoms with Gasteiger partial charge in [-0.25, -0.2) is 0 Å². The van der Waals surface area contributed by atoms with Crippen LogP contribution in [0.3, 0.4) is 0 Å². The number of carbonyl (C=O) groups excluding carboxylic acids is 2. The first-order chi connectivity index (χ1) is 10.0. The number of rotatable bonds is 3. The Morgan fingerprint density at radius 3 is 2.86 bits per heavy atom. The number of carbonyl (C=O) groups is 2. The highest BCUT2D eigenvalue weighted by Crippen LogP contribution is 2.27. The standard InChI is InChI=1S/C16H17N3O2/c1-18(2)16(21)10-19-9-13(8-17-19)11-3-5-14-12(7-11)4-6-15(14)20/h3,5,7-9H,4,6,10H2,1-2H3. The lowest BCUT2D eigenvalue weighted by Crippen LogP contribution is -2.26. The number of hydrogen-bond donors (Lipinski definition) is 0. The maximum absolute atomic E-state index is 11.7. The Morgan fingerprint density at radius 2 is 2.10 bits per heavy atom. The van der Waals surface area contributed by atoms with Crippen LogP contribution in [0.4, 0.5) is 0 Å². The molecule has 5 nitrogen and oxygen atoms in total. The number of nitrogens with zero attached hydrogens (tertiary/aromatic N) is 3. The van der Waals surface area contributed by atoms with Crippen molar-refractivity contribution < 1.29 is 9.59 Å². The van der Waals surface area contributed by atoms with Crippen molar-refractivity contribution in [1.82, 2.24) is 14.7 Å². The van der Waals surface area contributed by atoms with Gasteiger partial charge in [-0.2, -0.15) is 5.10 Å². The molecule has 0 spiro atoms. The van der Waals surface area contributed by atoms with Crippen LogP contribution >= 0.6 is 0 Å². The Balaban J connectivity index is 1.84. The molecule has 1 aromatic heterocycles. The molecule has 0 saturated carbocycles. The van der Waals surface area contributed by atoms with E-state index >= 15 is 0 Å². The van der Waals surface area contributed by atoms with Crippen LogP contribution in [-0.2, 0) is 17.8 Å². The minimum Gasteiger partial charge on any atom is -0.347 e. The van der Waals surface area contributed by atoms with Gasteiger partial charge in [0.15, 0.2) is 5.78 Å². The third-order valence-corrected chi connectivity index (χ3v) is 3.79. The molecule has 0 unspecified atom stereocenters. The summed E-state index contributed by atoms with van der Waals surface area (Å²) in [5.41, 5.74) is 3.94. The summed E-state index contributed by atoms with van der Waals surface area (Å²) in [6.45, 7) is 0.233. The Kier molecular flexibility index (Phi) is 3.33. The van der Waals surface area contributed by atoms with Crippen molar-refractivity contribution in [3.05, 3.63) is 41.7 Å². The van der Waals surface area contributed by atoms with E-state index in [2.05, 4.69) is 11.2 Å². The highest BCUT2D eigenvalue weighted by Gasteiger charge is 2.19. The minimum atomic E-state index is 0.00389. The second-order valence-electron chi connectivity index (χ2n) is 5.51. The Morgan fingerprint density at radius 1 is 1.29 bits per heavy atom. The van der Waals surface area contributed by atoms with Gasteiger partial charge in [0.1, 0.15) is 6.54 Å². The molecule has 1 aliphatic rings. The van der Waals surface area contributed by atoms with Gasteiger partial charge in [-0.05, 0) is 17.5 Å². The van der Waals surface area contributed by atoms with Gasteiger partial charge < -0.3 is 4.90 Å². The Bertz CT molecular complexity index is 716. The zero-order valence-corrected chi connectivity index (χ0v) is 12.2. The average Bonchev–Trinajstić information content (AvgIpc) is 3.06. The summed E-state index contributed by atoms with van der Waals surface area (Å²) in [6, 6.07) is 5.88. The Labute approximate surface area is 123 Å². The SMILES string of the molecule is CN(C)C(=O)Cn1cc(-c2ccc3c(c2)CCC3=O)cn1. The number of amides is 1. The van der Waals surface area contributed by atoms with Crippen LogP contribution in [-0.4, -0.2) is 40.5 Å². The van der Waals surface area contributed by atoms with E-state index in [0.717, 1.165) is 28.7 Å². The molecule has 1 aliphatic carbocycles. The molecule has 0 atom stereocenters. The summed E-state index contributed by atoms with van der Waals surface area (Å²) in [7, 11) is 3.45. The number of hydrogen-bond acceptors (Lipinski definition) is 3. The number of aromatic nitrogens is 2. The summed E-state index contributed by atoms with van der Waals surface area (Å²) in [5, 5.41) is 4.23. The minimum absolute atomic E-state index is 0.00389. The molecule has 0 bridgehead atoms. The molecule has 1 aromatic carbocycles. The van der Waals surface area contributed by atoms with Crippen LogP contribution < -0.4 is 0 Å². The molecular formula is C16H17N3O2. The van der Waals surface area contributed by atoms with Crippen molar-refractivity contribution in [1.29, 1.82) is 0 Å². The van der Waals surface area contributed by atoms with E-state index in [9.17, 15) is 9.59 Å². The van der Waals surface area contributed by atoms with Gasteiger partial charge in [-0.1, -0.05) is 18.2 Å². The predicted molar refractivity (Wildman–Crippen MR) is 79.0 cm³/mol. The Hall–Kier alpha value is -2.43. The quantitative estimate of drug-likeness (QED) is 0.862. The number of likely N-dealkylation sites (N-methyl/N-ethyl adjacent to an activating group) is 1. The van der Waals surface area contributed by atoms with E-state index in [4.69, 9.17) is 0 Å². The van der Waals surface area contributed by atoms with Crippen LogP contribution in [0.25, 0.3) is 11.1 Å². The average molecular weight is 283 g/mol. The van der Waals surface area contributed by atoms with Gasteiger partial charge >= 0.3 is 0 Å². The molecule has 21 heavy (non-hydrogen) atoms.